The van der Waals surface area contributed by atoms with E-state index in [0.717, 1.165) is 40.6 Å². The minimum absolute atomic E-state index is 0.0358. The van der Waals surface area contributed by atoms with Crippen LogP contribution in [0.1, 0.15) is 45.5 Å². The summed E-state index contributed by atoms with van der Waals surface area (Å²) in [6, 6.07) is 5.15. The van der Waals surface area contributed by atoms with Gasteiger partial charge in [-0.1, -0.05) is 18.5 Å². The third-order valence-electron chi connectivity index (χ3n) is 8.81. The van der Waals surface area contributed by atoms with Gasteiger partial charge in [0.2, 0.25) is 11.5 Å². The maximum atomic E-state index is 13.8. The molecular weight excluding hydrogens is 733 g/mol. The summed E-state index contributed by atoms with van der Waals surface area (Å²) >= 11 is 5.57. The van der Waals surface area contributed by atoms with E-state index in [-0.39, 0.29) is 35.2 Å². The molecule has 1 saturated heterocycles. The fraction of sp³-hybridized carbons (Fsp3) is 0.371. The molecule has 5 heterocycles. The second-order valence-corrected chi connectivity index (χ2v) is 12.5. The van der Waals surface area contributed by atoms with E-state index in [1.807, 2.05) is 17.9 Å². The van der Waals surface area contributed by atoms with Crippen molar-refractivity contribution in [1.82, 2.24) is 29.1 Å². The van der Waals surface area contributed by atoms with Gasteiger partial charge in [-0.3, -0.25) is 9.59 Å². The van der Waals surface area contributed by atoms with Crippen LogP contribution in [0.25, 0.3) is 0 Å². The van der Waals surface area contributed by atoms with Gasteiger partial charge in [0.15, 0.2) is 11.4 Å². The summed E-state index contributed by atoms with van der Waals surface area (Å²) in [7, 11) is 1.59. The number of piperazine rings is 1. The lowest BCUT2D eigenvalue weighted by Crippen LogP contribution is -2.52. The number of nitrogens with zero attached hydrogens (tertiary/aromatic N) is 9. The Bertz CT molecular complexity index is 2180. The van der Waals surface area contributed by atoms with Gasteiger partial charge in [0, 0.05) is 58.1 Å². The summed E-state index contributed by atoms with van der Waals surface area (Å²) < 4.78 is 44.6. The second-order valence-electron chi connectivity index (χ2n) is 12.1. The molecule has 2 N–H and O–H groups in total. The van der Waals surface area contributed by atoms with Crippen molar-refractivity contribution in [2.45, 2.75) is 46.0 Å². The predicted octanol–water partition coefficient (Wildman–Crippen LogP) is 3.47. The molecule has 2 aliphatic heterocycles. The topological polar surface area (TPSA) is 172 Å². The zero-order valence-corrected chi connectivity index (χ0v) is 30.5. The standard InChI is InChI=1S/C27H31N9O5.C8H7ClF3N/c1-4-20-22(33-6-8-34(9-7-33)25(39)21-23(38)17(2)31-16-32-21)26(40)36(28-3)27(35(20)10-11-37)30-15-18-13-19-5-12-41-24(19)29-14-18;1-13-7-3-2-5(4-6(7)9)8(10,11)12/h11,13-14,16,38H,3-10,12,15H2,1-2H3;2-4,13H,1H3. The monoisotopic (exact) mass is 770 g/mol. The molecule has 15 nitrogen and oxygen atoms in total. The minimum Gasteiger partial charge on any atom is -0.504 e. The minimum atomic E-state index is -4.34. The quantitative estimate of drug-likeness (QED) is 0.190. The Morgan fingerprint density at radius 2 is 1.91 bits per heavy atom. The number of nitrogens with one attached hydrogen (secondary N) is 1. The van der Waals surface area contributed by atoms with Crippen LogP contribution in [-0.4, -0.2) is 92.9 Å². The van der Waals surface area contributed by atoms with Crippen molar-refractivity contribution in [3.05, 3.63) is 91.6 Å². The second kappa shape index (κ2) is 16.9. The molecule has 1 amide bonds. The number of carbonyl (C=O) groups is 2. The molecule has 6 rings (SSSR count). The number of carbonyl (C=O) groups excluding carboxylic acids is 2. The zero-order chi connectivity index (χ0) is 39.2. The molecule has 0 saturated carbocycles. The number of anilines is 2. The molecule has 54 heavy (non-hydrogen) atoms. The first-order valence-corrected chi connectivity index (χ1v) is 17.2. The number of aryl methyl sites for hydroxylation is 1. The molecule has 0 unspecified atom stereocenters. The van der Waals surface area contributed by atoms with E-state index in [4.69, 9.17) is 16.3 Å². The molecule has 1 aromatic carbocycles. The largest absolute Gasteiger partial charge is 0.504 e. The first-order valence-electron chi connectivity index (χ1n) is 16.8. The van der Waals surface area contributed by atoms with E-state index < -0.39 is 23.2 Å². The zero-order valence-electron chi connectivity index (χ0n) is 29.7. The summed E-state index contributed by atoms with van der Waals surface area (Å²) in [4.78, 5) is 59.0. The number of alkyl halides is 3. The fourth-order valence-electron chi connectivity index (χ4n) is 6.06. The number of aromatic nitrogens is 5. The van der Waals surface area contributed by atoms with Crippen molar-refractivity contribution in [3.8, 4) is 11.6 Å². The Labute approximate surface area is 312 Å². The van der Waals surface area contributed by atoms with Gasteiger partial charge in [-0.15, -0.1) is 0 Å². The summed E-state index contributed by atoms with van der Waals surface area (Å²) in [6.07, 6.45) is 0.554. The number of aromatic hydroxyl groups is 1. The lowest BCUT2D eigenvalue weighted by atomic mass is 10.2. The molecule has 286 valence electrons. The van der Waals surface area contributed by atoms with E-state index in [9.17, 15) is 32.7 Å². The lowest BCUT2D eigenvalue weighted by Gasteiger charge is -2.36. The molecule has 0 radical (unpaired) electrons. The lowest BCUT2D eigenvalue weighted by molar-refractivity contribution is -0.137. The molecule has 0 aliphatic carbocycles. The SMILES string of the molecule is C=Nn1c(=O)c(N2CCN(C(=O)c3ncnc(C)c3O)CC2)c(CC)n(CC=O)c1=NCc1cnc2c(c1)CCO2.CNc1ccc(C(F)(F)F)cc1Cl. The number of ether oxygens (including phenoxy) is 1. The molecule has 1 fully saturated rings. The van der Waals surface area contributed by atoms with Crippen LogP contribution in [0.15, 0.2) is 51.7 Å². The van der Waals surface area contributed by atoms with Gasteiger partial charge >= 0.3 is 6.18 Å². The highest BCUT2D eigenvalue weighted by molar-refractivity contribution is 6.33. The van der Waals surface area contributed by atoms with Crippen LogP contribution in [-0.2, 0) is 36.9 Å². The molecule has 2 aliphatic rings. The summed E-state index contributed by atoms with van der Waals surface area (Å²) in [5.74, 6) is -0.0319. The maximum Gasteiger partial charge on any atom is 0.416 e. The van der Waals surface area contributed by atoms with Gasteiger partial charge in [-0.05, 0) is 43.2 Å². The van der Waals surface area contributed by atoms with Crippen molar-refractivity contribution in [2.24, 2.45) is 10.1 Å². The Morgan fingerprint density at radius 3 is 2.54 bits per heavy atom. The fourth-order valence-corrected chi connectivity index (χ4v) is 6.34. The van der Waals surface area contributed by atoms with Gasteiger partial charge in [0.25, 0.3) is 11.5 Å². The first kappa shape index (κ1) is 39.4. The Balaban J connectivity index is 0.000000365. The highest BCUT2D eigenvalue weighted by Gasteiger charge is 2.31. The molecule has 0 bridgehead atoms. The van der Waals surface area contributed by atoms with Crippen molar-refractivity contribution >= 4 is 41.9 Å². The van der Waals surface area contributed by atoms with Crippen LogP contribution >= 0.6 is 11.6 Å². The third kappa shape index (κ3) is 8.38. The van der Waals surface area contributed by atoms with Crippen LogP contribution in [0, 0.1) is 6.92 Å². The molecule has 0 spiro atoms. The number of hydrogen-bond acceptors (Lipinski definition) is 12. The van der Waals surface area contributed by atoms with Crippen LogP contribution in [0.5, 0.6) is 11.6 Å². The number of fused-ring (bicyclic) bond motifs is 1. The molecule has 3 aromatic heterocycles. The Hall–Kier alpha value is -5.78. The smallest absolute Gasteiger partial charge is 0.416 e. The maximum absolute atomic E-state index is 13.8. The van der Waals surface area contributed by atoms with Crippen LogP contribution in [0.3, 0.4) is 0 Å². The highest BCUT2D eigenvalue weighted by Crippen LogP contribution is 2.33. The number of benzene rings is 1. The summed E-state index contributed by atoms with van der Waals surface area (Å²) in [6.45, 7) is 9.14. The van der Waals surface area contributed by atoms with Gasteiger partial charge < -0.3 is 34.3 Å². The normalized spacial score (nSPS) is 14.2. The number of hydrogen-bond donors (Lipinski definition) is 2. The number of pyridine rings is 1. The average Bonchev–Trinajstić information content (AvgIpc) is 3.63. The Morgan fingerprint density at radius 1 is 1.17 bits per heavy atom. The van der Waals surface area contributed by atoms with Crippen LogP contribution in [0.4, 0.5) is 24.5 Å². The summed E-state index contributed by atoms with van der Waals surface area (Å²) in [5.41, 5.74) is 2.65. The first-order chi connectivity index (χ1) is 25.8. The predicted molar refractivity (Wildman–Crippen MR) is 194 cm³/mol. The van der Waals surface area contributed by atoms with Gasteiger partial charge in [-0.25, -0.2) is 19.9 Å². The molecule has 4 aromatic rings. The van der Waals surface area contributed by atoms with Gasteiger partial charge in [0.1, 0.15) is 18.3 Å². The van der Waals surface area contributed by atoms with Crippen molar-refractivity contribution < 1.29 is 32.6 Å². The summed E-state index contributed by atoms with van der Waals surface area (Å²) in [5, 5.41) is 17.0. The molecular formula is C35H38ClF3N10O5. The van der Waals surface area contributed by atoms with E-state index in [0.29, 0.717) is 67.8 Å². The highest BCUT2D eigenvalue weighted by atomic mass is 35.5. The molecule has 0 atom stereocenters. The van der Waals surface area contributed by atoms with E-state index in [2.05, 4.69) is 37.1 Å². The number of aldehydes is 1. The van der Waals surface area contributed by atoms with Gasteiger partial charge in [0.05, 0.1) is 47.4 Å². The van der Waals surface area contributed by atoms with Crippen LogP contribution in [0.2, 0.25) is 5.02 Å². The van der Waals surface area contributed by atoms with Gasteiger partial charge in [-0.2, -0.15) is 22.9 Å². The average molecular weight is 771 g/mol. The Kier molecular flexibility index (Phi) is 12.4. The number of rotatable bonds is 9. The van der Waals surface area contributed by atoms with Crippen molar-refractivity contribution in [2.75, 3.05) is 50.1 Å². The number of amides is 1. The van der Waals surface area contributed by atoms with Crippen molar-refractivity contribution in [1.29, 1.82) is 0 Å². The number of halogens is 4. The van der Waals surface area contributed by atoms with E-state index in [1.54, 1.807) is 29.6 Å². The van der Waals surface area contributed by atoms with E-state index in [1.165, 1.54) is 12.4 Å². The van der Waals surface area contributed by atoms with Crippen LogP contribution < -0.4 is 26.1 Å². The van der Waals surface area contributed by atoms with E-state index >= 15 is 0 Å². The molecule has 19 heteroatoms. The van der Waals surface area contributed by atoms with Crippen molar-refractivity contribution in [3.63, 3.8) is 0 Å². The third-order valence-corrected chi connectivity index (χ3v) is 9.12.